The Labute approximate surface area is 135 Å². The van der Waals surface area contributed by atoms with Crippen LogP contribution in [0.1, 0.15) is 25.3 Å². The first kappa shape index (κ1) is 16.3. The molecule has 1 heterocycles. The molecule has 0 saturated carbocycles. The fourth-order valence-electron chi connectivity index (χ4n) is 2.47. The number of hydrogen-bond donors (Lipinski definition) is 1. The smallest absolute Gasteiger partial charge is 0.321 e. The van der Waals surface area contributed by atoms with Crippen molar-refractivity contribution in [3.63, 3.8) is 0 Å². The van der Waals surface area contributed by atoms with Crippen LogP contribution < -0.4 is 5.32 Å². The highest BCUT2D eigenvalue weighted by Gasteiger charge is 2.21. The number of urea groups is 1. The van der Waals surface area contributed by atoms with Gasteiger partial charge in [-0.15, -0.1) is 0 Å². The summed E-state index contributed by atoms with van der Waals surface area (Å²) in [6.07, 6.45) is 2.46. The Morgan fingerprint density at radius 2 is 2.00 bits per heavy atom. The molecular formula is C16H24BrN3O. The zero-order valence-corrected chi connectivity index (χ0v) is 14.4. The molecule has 1 saturated heterocycles. The molecule has 0 atom stereocenters. The lowest BCUT2D eigenvalue weighted by Gasteiger charge is -2.34. The standard InChI is InChI=1S/C16H24BrN3O/c1-3-4-7-19-8-10-20(11-9-19)16(21)18-15-6-5-13(2)12-14(15)17/h5-6,12H,3-4,7-11H2,1-2H3,(H,18,21). The minimum absolute atomic E-state index is 0.00491. The van der Waals surface area contributed by atoms with Gasteiger partial charge in [-0.2, -0.15) is 0 Å². The summed E-state index contributed by atoms with van der Waals surface area (Å²) in [4.78, 5) is 16.6. The van der Waals surface area contributed by atoms with E-state index in [-0.39, 0.29) is 6.03 Å². The Bertz CT molecular complexity index is 484. The number of hydrogen-bond acceptors (Lipinski definition) is 2. The van der Waals surface area contributed by atoms with Gasteiger partial charge in [0.2, 0.25) is 0 Å². The Morgan fingerprint density at radius 1 is 1.29 bits per heavy atom. The maximum absolute atomic E-state index is 12.3. The van der Waals surface area contributed by atoms with Gasteiger partial charge in [-0.3, -0.25) is 4.90 Å². The number of anilines is 1. The van der Waals surface area contributed by atoms with E-state index < -0.39 is 0 Å². The summed E-state index contributed by atoms with van der Waals surface area (Å²) in [5.74, 6) is 0. The van der Waals surface area contributed by atoms with Gasteiger partial charge in [0.15, 0.2) is 0 Å². The van der Waals surface area contributed by atoms with Gasteiger partial charge in [-0.1, -0.05) is 19.4 Å². The van der Waals surface area contributed by atoms with Gasteiger partial charge in [-0.05, 0) is 53.5 Å². The van der Waals surface area contributed by atoms with Crippen LogP contribution in [-0.4, -0.2) is 48.6 Å². The molecule has 116 valence electrons. The number of piperazine rings is 1. The third-order valence-corrected chi connectivity index (χ3v) is 4.51. The Balaban J connectivity index is 1.84. The molecule has 1 aromatic rings. The summed E-state index contributed by atoms with van der Waals surface area (Å²) in [7, 11) is 0. The third kappa shape index (κ3) is 4.71. The lowest BCUT2D eigenvalue weighted by molar-refractivity contribution is 0.146. The van der Waals surface area contributed by atoms with Crippen molar-refractivity contribution < 1.29 is 4.79 Å². The van der Waals surface area contributed by atoms with Crippen LogP contribution in [0.4, 0.5) is 10.5 Å². The minimum atomic E-state index is -0.00491. The second-order valence-corrected chi connectivity index (χ2v) is 6.45. The van der Waals surface area contributed by atoms with Crippen molar-refractivity contribution in [2.75, 3.05) is 38.0 Å². The van der Waals surface area contributed by atoms with Crippen molar-refractivity contribution in [1.29, 1.82) is 0 Å². The van der Waals surface area contributed by atoms with Crippen LogP contribution in [0.2, 0.25) is 0 Å². The van der Waals surface area contributed by atoms with Crippen molar-refractivity contribution in [3.8, 4) is 0 Å². The summed E-state index contributed by atoms with van der Waals surface area (Å²) in [5, 5.41) is 2.99. The second-order valence-electron chi connectivity index (χ2n) is 5.60. The summed E-state index contributed by atoms with van der Waals surface area (Å²) in [6, 6.07) is 5.95. The van der Waals surface area contributed by atoms with Crippen molar-refractivity contribution in [1.82, 2.24) is 9.80 Å². The molecule has 1 aromatic carbocycles. The van der Waals surface area contributed by atoms with Crippen LogP contribution >= 0.6 is 15.9 Å². The average molecular weight is 354 g/mol. The van der Waals surface area contributed by atoms with Gasteiger partial charge in [0, 0.05) is 30.7 Å². The number of carbonyl (C=O) groups is 1. The Morgan fingerprint density at radius 3 is 2.62 bits per heavy atom. The van der Waals surface area contributed by atoms with E-state index in [1.165, 1.54) is 18.4 Å². The maximum Gasteiger partial charge on any atom is 0.321 e. The number of carbonyl (C=O) groups excluding carboxylic acids is 1. The molecule has 5 heteroatoms. The van der Waals surface area contributed by atoms with E-state index in [9.17, 15) is 4.79 Å². The molecule has 0 bridgehead atoms. The van der Waals surface area contributed by atoms with Crippen LogP contribution in [0, 0.1) is 6.92 Å². The molecule has 0 aliphatic carbocycles. The molecule has 0 spiro atoms. The van der Waals surface area contributed by atoms with Crippen molar-refractivity contribution in [3.05, 3.63) is 28.2 Å². The molecular weight excluding hydrogens is 330 g/mol. The second kappa shape index (κ2) is 7.80. The largest absolute Gasteiger partial charge is 0.322 e. The SMILES string of the molecule is CCCCN1CCN(C(=O)Nc2ccc(C)cc2Br)CC1. The summed E-state index contributed by atoms with van der Waals surface area (Å²) in [6.45, 7) is 8.95. The van der Waals surface area contributed by atoms with E-state index >= 15 is 0 Å². The first-order valence-electron chi connectivity index (χ1n) is 7.64. The molecule has 2 amide bonds. The number of nitrogens with one attached hydrogen (secondary N) is 1. The number of aryl methyl sites for hydroxylation is 1. The van der Waals surface area contributed by atoms with E-state index in [1.54, 1.807) is 0 Å². The van der Waals surface area contributed by atoms with E-state index in [0.29, 0.717) is 0 Å². The fourth-order valence-corrected chi connectivity index (χ4v) is 3.06. The van der Waals surface area contributed by atoms with E-state index in [2.05, 4.69) is 33.1 Å². The molecule has 0 aromatic heterocycles. The number of nitrogens with zero attached hydrogens (tertiary/aromatic N) is 2. The summed E-state index contributed by atoms with van der Waals surface area (Å²) >= 11 is 3.50. The van der Waals surface area contributed by atoms with Crippen molar-refractivity contribution >= 4 is 27.6 Å². The highest BCUT2D eigenvalue weighted by molar-refractivity contribution is 9.10. The predicted octanol–water partition coefficient (Wildman–Crippen LogP) is 3.71. The molecule has 1 fully saturated rings. The van der Waals surface area contributed by atoms with Gasteiger partial charge in [0.05, 0.1) is 5.69 Å². The molecule has 0 radical (unpaired) electrons. The Hall–Kier alpha value is -1.07. The van der Waals surface area contributed by atoms with Crippen molar-refractivity contribution in [2.45, 2.75) is 26.7 Å². The van der Waals surface area contributed by atoms with Gasteiger partial charge in [-0.25, -0.2) is 4.79 Å². The summed E-state index contributed by atoms with van der Waals surface area (Å²) in [5.41, 5.74) is 2.00. The van der Waals surface area contributed by atoms with Crippen LogP contribution in [0.15, 0.2) is 22.7 Å². The molecule has 21 heavy (non-hydrogen) atoms. The first-order chi connectivity index (χ1) is 10.1. The van der Waals surface area contributed by atoms with E-state index in [0.717, 1.165) is 42.9 Å². The van der Waals surface area contributed by atoms with E-state index in [1.807, 2.05) is 30.0 Å². The third-order valence-electron chi connectivity index (χ3n) is 3.85. The van der Waals surface area contributed by atoms with E-state index in [4.69, 9.17) is 0 Å². The summed E-state index contributed by atoms with van der Waals surface area (Å²) < 4.78 is 0.928. The topological polar surface area (TPSA) is 35.6 Å². The number of amides is 2. The van der Waals surface area contributed by atoms with Gasteiger partial charge in [0.1, 0.15) is 0 Å². The highest BCUT2D eigenvalue weighted by Crippen LogP contribution is 2.23. The van der Waals surface area contributed by atoms with Gasteiger partial charge < -0.3 is 10.2 Å². The van der Waals surface area contributed by atoms with Crippen LogP contribution in [0.3, 0.4) is 0 Å². The molecule has 4 nitrogen and oxygen atoms in total. The van der Waals surface area contributed by atoms with Crippen molar-refractivity contribution in [2.24, 2.45) is 0 Å². The lowest BCUT2D eigenvalue weighted by atomic mass is 10.2. The number of benzene rings is 1. The number of rotatable bonds is 4. The van der Waals surface area contributed by atoms with Crippen LogP contribution in [0.25, 0.3) is 0 Å². The normalized spacial score (nSPS) is 16.0. The average Bonchev–Trinajstić information content (AvgIpc) is 2.48. The fraction of sp³-hybridized carbons (Fsp3) is 0.562. The molecule has 0 unspecified atom stereocenters. The van der Waals surface area contributed by atoms with Crippen LogP contribution in [-0.2, 0) is 0 Å². The monoisotopic (exact) mass is 353 g/mol. The molecule has 1 aliphatic heterocycles. The van der Waals surface area contributed by atoms with Gasteiger partial charge >= 0.3 is 6.03 Å². The lowest BCUT2D eigenvalue weighted by Crippen LogP contribution is -2.50. The van der Waals surface area contributed by atoms with Crippen LogP contribution in [0.5, 0.6) is 0 Å². The maximum atomic E-state index is 12.3. The zero-order chi connectivity index (χ0) is 15.2. The quantitative estimate of drug-likeness (QED) is 0.895. The zero-order valence-electron chi connectivity index (χ0n) is 12.9. The first-order valence-corrected chi connectivity index (χ1v) is 8.44. The number of unbranched alkanes of at least 4 members (excludes halogenated alkanes) is 1. The predicted molar refractivity (Wildman–Crippen MR) is 90.8 cm³/mol. The molecule has 1 aliphatic rings. The Kier molecular flexibility index (Phi) is 6.06. The minimum Gasteiger partial charge on any atom is -0.322 e. The highest BCUT2D eigenvalue weighted by atomic mass is 79.9. The van der Waals surface area contributed by atoms with Gasteiger partial charge in [0.25, 0.3) is 0 Å². The molecule has 1 N–H and O–H groups in total. The molecule has 2 rings (SSSR count). The number of halogens is 1.